The van der Waals surface area contributed by atoms with Crippen LogP contribution < -0.4 is 0 Å². The Morgan fingerprint density at radius 2 is 1.62 bits per heavy atom. The van der Waals surface area contributed by atoms with Gasteiger partial charge in [0.2, 0.25) is 0 Å². The van der Waals surface area contributed by atoms with Crippen LogP contribution in [0.25, 0.3) is 0 Å². The van der Waals surface area contributed by atoms with Crippen LogP contribution in [0.4, 0.5) is 0 Å². The molecule has 1 atom stereocenters. The Bertz CT molecular complexity index is 336. The predicted molar refractivity (Wildman–Crippen MR) is 111 cm³/mol. The van der Waals surface area contributed by atoms with E-state index in [4.69, 9.17) is 4.74 Å². The van der Waals surface area contributed by atoms with Crippen LogP contribution in [0.3, 0.4) is 0 Å². The summed E-state index contributed by atoms with van der Waals surface area (Å²) < 4.78 is 5.21. The molecule has 3 heteroatoms. The van der Waals surface area contributed by atoms with Crippen molar-refractivity contribution in [1.82, 2.24) is 0 Å². The fourth-order valence-corrected chi connectivity index (χ4v) is 2.84. The lowest BCUT2D eigenvalue weighted by Gasteiger charge is -2.07. The number of aliphatic hydroxyl groups is 1. The zero-order chi connectivity index (χ0) is 19.5. The SMILES string of the molecule is CCCCCC[C@@H](O)C/C=C\CCCCCCCC(=O)OCCC(C)C. The molecule has 0 bridgehead atoms. The van der Waals surface area contributed by atoms with Gasteiger partial charge in [0.15, 0.2) is 0 Å². The van der Waals surface area contributed by atoms with E-state index in [9.17, 15) is 9.90 Å². The van der Waals surface area contributed by atoms with Gasteiger partial charge in [-0.15, -0.1) is 0 Å². The third-order valence-electron chi connectivity index (χ3n) is 4.68. The molecular formula is C23H44O3. The van der Waals surface area contributed by atoms with E-state index in [1.165, 1.54) is 38.5 Å². The van der Waals surface area contributed by atoms with Gasteiger partial charge >= 0.3 is 5.97 Å². The average Bonchev–Trinajstić information content (AvgIpc) is 2.60. The van der Waals surface area contributed by atoms with Crippen molar-refractivity contribution < 1.29 is 14.6 Å². The van der Waals surface area contributed by atoms with E-state index in [1.54, 1.807) is 0 Å². The fourth-order valence-electron chi connectivity index (χ4n) is 2.84. The first-order valence-electron chi connectivity index (χ1n) is 11.0. The van der Waals surface area contributed by atoms with E-state index in [0.29, 0.717) is 18.9 Å². The summed E-state index contributed by atoms with van der Waals surface area (Å²) >= 11 is 0. The molecule has 0 aromatic carbocycles. The number of hydrogen-bond acceptors (Lipinski definition) is 3. The smallest absolute Gasteiger partial charge is 0.305 e. The average molecular weight is 369 g/mol. The van der Waals surface area contributed by atoms with E-state index in [0.717, 1.165) is 44.9 Å². The van der Waals surface area contributed by atoms with E-state index < -0.39 is 0 Å². The molecule has 0 aromatic rings. The van der Waals surface area contributed by atoms with Gasteiger partial charge in [-0.05, 0) is 44.4 Å². The number of carbonyl (C=O) groups excluding carboxylic acids is 1. The summed E-state index contributed by atoms with van der Waals surface area (Å²) in [5, 5.41) is 9.89. The Balaban J connectivity index is 3.33. The summed E-state index contributed by atoms with van der Waals surface area (Å²) in [5.74, 6) is 0.549. The monoisotopic (exact) mass is 368 g/mol. The van der Waals surface area contributed by atoms with Crippen molar-refractivity contribution in [3.8, 4) is 0 Å². The van der Waals surface area contributed by atoms with Crippen LogP contribution in [0.1, 0.15) is 111 Å². The Morgan fingerprint density at radius 3 is 2.35 bits per heavy atom. The molecule has 0 saturated carbocycles. The number of aliphatic hydroxyl groups excluding tert-OH is 1. The number of hydrogen-bond donors (Lipinski definition) is 1. The zero-order valence-corrected chi connectivity index (χ0v) is 17.7. The Hall–Kier alpha value is -0.830. The minimum atomic E-state index is -0.164. The van der Waals surface area contributed by atoms with Gasteiger partial charge in [-0.2, -0.15) is 0 Å². The normalized spacial score (nSPS) is 12.8. The van der Waals surface area contributed by atoms with Gasteiger partial charge in [0, 0.05) is 6.42 Å². The van der Waals surface area contributed by atoms with Crippen LogP contribution in [0.2, 0.25) is 0 Å². The van der Waals surface area contributed by atoms with Crippen molar-refractivity contribution in [1.29, 1.82) is 0 Å². The first-order valence-corrected chi connectivity index (χ1v) is 11.0. The first-order chi connectivity index (χ1) is 12.6. The summed E-state index contributed by atoms with van der Waals surface area (Å²) in [6.07, 6.45) is 19.1. The predicted octanol–water partition coefficient (Wildman–Crippen LogP) is 6.58. The maximum atomic E-state index is 11.5. The van der Waals surface area contributed by atoms with E-state index in [-0.39, 0.29) is 12.1 Å². The standard InChI is InChI=1S/C23H44O3/c1-4-5-6-13-16-22(24)17-14-11-9-7-8-10-12-15-18-23(25)26-20-19-21(2)3/h11,14,21-22,24H,4-10,12-13,15-20H2,1-3H3/b14-11-/t22-/m1/s1. The second-order valence-electron chi connectivity index (χ2n) is 7.92. The highest BCUT2D eigenvalue weighted by atomic mass is 16.5. The summed E-state index contributed by atoms with van der Waals surface area (Å²) in [6, 6.07) is 0. The second kappa shape index (κ2) is 18.9. The van der Waals surface area contributed by atoms with Crippen LogP contribution in [0.15, 0.2) is 12.2 Å². The minimum absolute atomic E-state index is 0.0400. The van der Waals surface area contributed by atoms with Gasteiger partial charge in [0.25, 0.3) is 0 Å². The summed E-state index contributed by atoms with van der Waals surface area (Å²) in [7, 11) is 0. The lowest BCUT2D eigenvalue weighted by molar-refractivity contribution is -0.144. The van der Waals surface area contributed by atoms with Crippen LogP contribution in [-0.2, 0) is 9.53 Å². The molecule has 0 rings (SSSR count). The van der Waals surface area contributed by atoms with Crippen LogP contribution in [0, 0.1) is 5.92 Å². The topological polar surface area (TPSA) is 46.5 Å². The molecule has 0 heterocycles. The lowest BCUT2D eigenvalue weighted by atomic mass is 10.1. The van der Waals surface area contributed by atoms with Gasteiger partial charge < -0.3 is 9.84 Å². The maximum Gasteiger partial charge on any atom is 0.305 e. The highest BCUT2D eigenvalue weighted by Gasteiger charge is 2.03. The largest absolute Gasteiger partial charge is 0.466 e. The van der Waals surface area contributed by atoms with Gasteiger partial charge in [-0.1, -0.05) is 77.9 Å². The highest BCUT2D eigenvalue weighted by molar-refractivity contribution is 5.69. The molecule has 0 unspecified atom stereocenters. The fraction of sp³-hybridized carbons (Fsp3) is 0.870. The number of allylic oxidation sites excluding steroid dienone is 1. The number of esters is 1. The van der Waals surface area contributed by atoms with Crippen molar-refractivity contribution in [2.45, 2.75) is 117 Å². The Labute approximate surface area is 162 Å². The van der Waals surface area contributed by atoms with E-state index in [2.05, 4.69) is 32.9 Å². The summed E-state index contributed by atoms with van der Waals surface area (Å²) in [4.78, 5) is 11.5. The molecule has 0 radical (unpaired) electrons. The van der Waals surface area contributed by atoms with E-state index in [1.807, 2.05) is 0 Å². The third kappa shape index (κ3) is 19.5. The highest BCUT2D eigenvalue weighted by Crippen LogP contribution is 2.11. The zero-order valence-electron chi connectivity index (χ0n) is 17.7. The minimum Gasteiger partial charge on any atom is -0.466 e. The summed E-state index contributed by atoms with van der Waals surface area (Å²) in [5.41, 5.74) is 0. The van der Waals surface area contributed by atoms with Crippen molar-refractivity contribution in [2.75, 3.05) is 6.61 Å². The molecule has 0 saturated heterocycles. The van der Waals surface area contributed by atoms with Gasteiger partial charge in [-0.25, -0.2) is 0 Å². The third-order valence-corrected chi connectivity index (χ3v) is 4.68. The molecule has 0 amide bonds. The molecule has 0 aliphatic rings. The van der Waals surface area contributed by atoms with Gasteiger partial charge in [0.05, 0.1) is 12.7 Å². The second-order valence-corrected chi connectivity index (χ2v) is 7.92. The lowest BCUT2D eigenvalue weighted by Crippen LogP contribution is -2.07. The molecule has 154 valence electrons. The molecule has 0 fully saturated rings. The van der Waals surface area contributed by atoms with Crippen molar-refractivity contribution >= 4 is 5.97 Å². The molecule has 0 aliphatic heterocycles. The molecule has 26 heavy (non-hydrogen) atoms. The number of carbonyl (C=O) groups is 1. The van der Waals surface area contributed by atoms with Gasteiger partial charge in [0.1, 0.15) is 0 Å². The molecule has 0 aliphatic carbocycles. The van der Waals surface area contributed by atoms with Crippen molar-refractivity contribution in [3.63, 3.8) is 0 Å². The van der Waals surface area contributed by atoms with Crippen molar-refractivity contribution in [2.24, 2.45) is 5.92 Å². The Kier molecular flexibility index (Phi) is 18.3. The van der Waals surface area contributed by atoms with Gasteiger partial charge in [-0.3, -0.25) is 4.79 Å². The quantitative estimate of drug-likeness (QED) is 0.169. The molecule has 3 nitrogen and oxygen atoms in total. The molecule has 0 spiro atoms. The van der Waals surface area contributed by atoms with Crippen LogP contribution in [0.5, 0.6) is 0 Å². The van der Waals surface area contributed by atoms with Crippen molar-refractivity contribution in [3.05, 3.63) is 12.2 Å². The molecule has 0 aromatic heterocycles. The molecular weight excluding hydrogens is 324 g/mol. The van der Waals surface area contributed by atoms with Crippen LogP contribution >= 0.6 is 0 Å². The first kappa shape index (κ1) is 25.2. The Morgan fingerprint density at radius 1 is 0.923 bits per heavy atom. The number of rotatable bonds is 18. The van der Waals surface area contributed by atoms with Crippen LogP contribution in [-0.4, -0.2) is 23.8 Å². The number of unbranched alkanes of at least 4 members (excludes halogenated alkanes) is 8. The summed E-state index contributed by atoms with van der Waals surface area (Å²) in [6.45, 7) is 7.05. The number of ether oxygens (including phenoxy) is 1. The van der Waals surface area contributed by atoms with E-state index >= 15 is 0 Å². The maximum absolute atomic E-state index is 11.5. The molecule has 1 N–H and O–H groups in total.